The lowest BCUT2D eigenvalue weighted by Gasteiger charge is -2.25. The zero-order chi connectivity index (χ0) is 13.9. The summed E-state index contributed by atoms with van der Waals surface area (Å²) >= 11 is 0. The Morgan fingerprint density at radius 1 is 1.50 bits per heavy atom. The molecule has 1 aromatic rings. The lowest BCUT2D eigenvalue weighted by Crippen LogP contribution is -2.33. The number of hydrogen-bond acceptors (Lipinski definition) is 2. The molecule has 100 valence electrons. The summed E-state index contributed by atoms with van der Waals surface area (Å²) in [5, 5.41) is 5.49. The van der Waals surface area contributed by atoms with E-state index in [9.17, 15) is 8.60 Å². The van der Waals surface area contributed by atoms with Gasteiger partial charge in [0.2, 0.25) is 0 Å². The smallest absolute Gasteiger partial charge is 0.165 e. The lowest BCUT2D eigenvalue weighted by atomic mass is 9.94. The molecule has 0 aliphatic carbocycles. The Labute approximate surface area is 109 Å². The topological polar surface area (TPSA) is 52.3 Å². The van der Waals surface area contributed by atoms with Crippen LogP contribution in [0.15, 0.2) is 24.3 Å². The van der Waals surface area contributed by atoms with Gasteiger partial charge in [-0.2, -0.15) is 0 Å². The van der Waals surface area contributed by atoms with E-state index in [0.29, 0.717) is 5.56 Å². The van der Waals surface area contributed by atoms with Crippen molar-refractivity contribution in [1.82, 2.24) is 0 Å². The molecule has 0 heterocycles. The van der Waals surface area contributed by atoms with Crippen LogP contribution in [-0.4, -0.2) is 16.1 Å². The van der Waals surface area contributed by atoms with E-state index in [1.165, 1.54) is 13.2 Å². The highest BCUT2D eigenvalue weighted by molar-refractivity contribution is 7.84. The Morgan fingerprint density at radius 3 is 2.50 bits per heavy atom. The molecule has 5 heteroatoms. The number of allylic oxidation sites excluding steroid dienone is 1. The molecule has 0 saturated carbocycles. The Morgan fingerprint density at radius 2 is 2.11 bits per heavy atom. The summed E-state index contributed by atoms with van der Waals surface area (Å²) in [5.74, 6) is -0.270. The summed E-state index contributed by atoms with van der Waals surface area (Å²) in [6.45, 7) is 5.34. The van der Waals surface area contributed by atoms with E-state index in [2.05, 4.69) is 0 Å². The molecule has 0 aliphatic rings. The molecule has 0 bridgehead atoms. The fourth-order valence-corrected chi connectivity index (χ4v) is 2.26. The van der Waals surface area contributed by atoms with Crippen molar-refractivity contribution in [3.8, 4) is 5.75 Å². The maximum absolute atomic E-state index is 13.7. The Balaban J connectivity index is 3.28. The molecule has 0 aromatic heterocycles. The fraction of sp³-hybridized carbons (Fsp3) is 0.385. The summed E-state index contributed by atoms with van der Waals surface area (Å²) in [5.41, 5.74) is 1.39. The van der Waals surface area contributed by atoms with Crippen LogP contribution in [0, 0.1) is 5.82 Å². The van der Waals surface area contributed by atoms with Crippen molar-refractivity contribution in [2.45, 2.75) is 25.5 Å². The summed E-state index contributed by atoms with van der Waals surface area (Å²) < 4.78 is 29.4. The number of rotatable bonds is 4. The second kappa shape index (κ2) is 5.63. The van der Waals surface area contributed by atoms with Gasteiger partial charge in [-0.05, 0) is 44.0 Å². The van der Waals surface area contributed by atoms with Crippen LogP contribution in [0.2, 0.25) is 0 Å². The second-order valence-electron chi connectivity index (χ2n) is 4.36. The maximum Gasteiger partial charge on any atom is 0.165 e. The van der Waals surface area contributed by atoms with Crippen molar-refractivity contribution in [2.75, 3.05) is 7.11 Å². The molecule has 0 amide bonds. The first-order valence-electron chi connectivity index (χ1n) is 5.51. The number of hydrogen-bond donors (Lipinski definition) is 1. The average molecular weight is 271 g/mol. The van der Waals surface area contributed by atoms with E-state index >= 15 is 0 Å². The molecule has 2 N–H and O–H groups in total. The monoisotopic (exact) mass is 271 g/mol. The van der Waals surface area contributed by atoms with E-state index in [-0.39, 0.29) is 5.75 Å². The van der Waals surface area contributed by atoms with E-state index in [1.807, 2.05) is 6.92 Å². The van der Waals surface area contributed by atoms with Gasteiger partial charge in [0.15, 0.2) is 11.6 Å². The molecule has 1 atom stereocenters. The highest BCUT2D eigenvalue weighted by Crippen LogP contribution is 2.32. The van der Waals surface area contributed by atoms with Gasteiger partial charge in [-0.3, -0.25) is 5.14 Å². The maximum atomic E-state index is 13.7. The van der Waals surface area contributed by atoms with Crippen molar-refractivity contribution in [3.05, 3.63) is 35.7 Å². The molecule has 0 radical (unpaired) electrons. The van der Waals surface area contributed by atoms with E-state index in [4.69, 9.17) is 9.88 Å². The van der Waals surface area contributed by atoms with Crippen molar-refractivity contribution in [1.29, 1.82) is 0 Å². The molecular weight excluding hydrogens is 253 g/mol. The first-order valence-corrected chi connectivity index (χ1v) is 6.72. The largest absolute Gasteiger partial charge is 0.494 e. The zero-order valence-corrected chi connectivity index (χ0v) is 11.8. The molecule has 0 fully saturated rings. The van der Waals surface area contributed by atoms with Crippen LogP contribution in [0.25, 0.3) is 5.57 Å². The average Bonchev–Trinajstić information content (AvgIpc) is 2.29. The van der Waals surface area contributed by atoms with Crippen LogP contribution < -0.4 is 9.88 Å². The van der Waals surface area contributed by atoms with Gasteiger partial charge in [0.1, 0.15) is 0 Å². The third kappa shape index (κ3) is 2.79. The minimum absolute atomic E-state index is 0.181. The Hall–Kier alpha value is -1.20. The van der Waals surface area contributed by atoms with Crippen LogP contribution in [-0.2, 0) is 11.0 Å². The first kappa shape index (κ1) is 14.9. The highest BCUT2D eigenvalue weighted by Gasteiger charge is 2.29. The molecule has 1 unspecified atom stereocenters. The number of halogens is 1. The minimum Gasteiger partial charge on any atom is -0.494 e. The van der Waals surface area contributed by atoms with Crippen LogP contribution in [0.1, 0.15) is 26.3 Å². The molecule has 3 nitrogen and oxygen atoms in total. The summed E-state index contributed by atoms with van der Waals surface area (Å²) in [6, 6.07) is 4.64. The zero-order valence-electron chi connectivity index (χ0n) is 11.0. The first-order chi connectivity index (χ1) is 8.34. The molecule has 0 saturated heterocycles. The molecule has 1 aromatic carbocycles. The van der Waals surface area contributed by atoms with Crippen LogP contribution in [0.5, 0.6) is 5.75 Å². The number of ether oxygens (including phenoxy) is 1. The predicted octanol–water partition coefficient (Wildman–Crippen LogP) is 2.64. The standard InChI is InChI=1S/C13H18FNO2S/c1-5-10(13(2,3)18(15)16)9-6-7-12(17-4)11(14)8-9/h5-8H,15H2,1-4H3/b10-5-. The van der Waals surface area contributed by atoms with Crippen molar-refractivity contribution < 1.29 is 13.3 Å². The second-order valence-corrected chi connectivity index (χ2v) is 5.97. The number of nitrogens with two attached hydrogens (primary N) is 1. The SMILES string of the molecule is C/C=C(/c1ccc(OC)c(F)c1)C(C)(C)S(N)=O. The molecule has 0 spiro atoms. The third-order valence-electron chi connectivity index (χ3n) is 2.90. The normalized spacial score (nSPS) is 14.4. The molecule has 1 rings (SSSR count). The quantitative estimate of drug-likeness (QED) is 0.915. The molecule has 18 heavy (non-hydrogen) atoms. The minimum atomic E-state index is -1.54. The molecule has 0 aliphatic heterocycles. The van der Waals surface area contributed by atoms with Gasteiger partial charge in [-0.15, -0.1) is 0 Å². The van der Waals surface area contributed by atoms with Crippen molar-refractivity contribution in [3.63, 3.8) is 0 Å². The van der Waals surface area contributed by atoms with Gasteiger partial charge in [0.25, 0.3) is 0 Å². The lowest BCUT2D eigenvalue weighted by molar-refractivity contribution is 0.386. The van der Waals surface area contributed by atoms with E-state index in [0.717, 1.165) is 5.57 Å². The third-order valence-corrected chi connectivity index (χ3v) is 4.13. The number of benzene rings is 1. The summed E-state index contributed by atoms with van der Waals surface area (Å²) in [6.07, 6.45) is 1.80. The van der Waals surface area contributed by atoms with Crippen molar-refractivity contribution >= 4 is 16.6 Å². The van der Waals surface area contributed by atoms with Gasteiger partial charge >= 0.3 is 0 Å². The number of methoxy groups -OCH3 is 1. The van der Waals surface area contributed by atoms with Crippen molar-refractivity contribution in [2.24, 2.45) is 5.14 Å². The highest BCUT2D eigenvalue weighted by atomic mass is 32.2. The Bertz CT molecular complexity index is 498. The Kier molecular flexibility index (Phi) is 4.65. The van der Waals surface area contributed by atoms with Gasteiger partial charge in [-0.25, -0.2) is 8.60 Å². The summed E-state index contributed by atoms with van der Waals surface area (Å²) in [7, 11) is -0.132. The van der Waals surface area contributed by atoms with Crippen LogP contribution >= 0.6 is 0 Å². The molecular formula is C13H18FNO2S. The van der Waals surface area contributed by atoms with Gasteiger partial charge in [-0.1, -0.05) is 12.1 Å². The van der Waals surface area contributed by atoms with E-state index in [1.54, 1.807) is 32.1 Å². The fourth-order valence-electron chi connectivity index (χ4n) is 1.80. The predicted molar refractivity (Wildman–Crippen MR) is 73.0 cm³/mol. The van der Waals surface area contributed by atoms with Gasteiger partial charge in [0, 0.05) is 0 Å². The van der Waals surface area contributed by atoms with Crippen LogP contribution in [0.3, 0.4) is 0 Å². The van der Waals surface area contributed by atoms with Crippen LogP contribution in [0.4, 0.5) is 4.39 Å². The van der Waals surface area contributed by atoms with E-state index < -0.39 is 21.5 Å². The van der Waals surface area contributed by atoms with Gasteiger partial charge in [0.05, 0.1) is 22.8 Å². The van der Waals surface area contributed by atoms with Gasteiger partial charge < -0.3 is 4.74 Å². The summed E-state index contributed by atoms with van der Waals surface area (Å²) in [4.78, 5) is 0.